The molecule has 23 heavy (non-hydrogen) atoms. The maximum Gasteiger partial charge on any atom is 0.0951 e. The summed E-state index contributed by atoms with van der Waals surface area (Å²) in [4.78, 5) is 0. The van der Waals surface area contributed by atoms with Gasteiger partial charge in [-0.3, -0.25) is 0 Å². The molecule has 0 aromatic rings. The van der Waals surface area contributed by atoms with Crippen molar-refractivity contribution in [3.05, 3.63) is 0 Å². The van der Waals surface area contributed by atoms with Crippen molar-refractivity contribution in [3.63, 3.8) is 0 Å². The molecule has 0 bridgehead atoms. The Labute approximate surface area is 143 Å². The van der Waals surface area contributed by atoms with Crippen LogP contribution in [0, 0.1) is 11.8 Å². The maximum atomic E-state index is 5.80. The molecule has 2 saturated heterocycles. The first-order valence-corrected chi connectivity index (χ1v) is 10.1. The molecule has 4 atom stereocenters. The quantitative estimate of drug-likeness (QED) is 0.249. The SMILES string of the molecule is CCC#CC[C@H]1O[C@H]1C[C@H]1O[C@H]1CCCCCCCCCCC. The van der Waals surface area contributed by atoms with Gasteiger partial charge in [0.05, 0.1) is 24.4 Å². The third kappa shape index (κ3) is 8.23. The van der Waals surface area contributed by atoms with Crippen molar-refractivity contribution in [1.82, 2.24) is 0 Å². The lowest BCUT2D eigenvalue weighted by atomic mass is 10.0. The minimum atomic E-state index is 0.395. The summed E-state index contributed by atoms with van der Waals surface area (Å²) in [5.74, 6) is 6.30. The molecule has 2 fully saturated rings. The van der Waals surface area contributed by atoms with E-state index in [2.05, 4.69) is 25.7 Å². The van der Waals surface area contributed by atoms with E-state index < -0.39 is 0 Å². The van der Waals surface area contributed by atoms with E-state index in [0.717, 1.165) is 19.3 Å². The van der Waals surface area contributed by atoms with E-state index in [9.17, 15) is 0 Å². The highest BCUT2D eigenvalue weighted by molar-refractivity contribution is 5.05. The zero-order valence-electron chi connectivity index (χ0n) is 15.3. The minimum absolute atomic E-state index is 0.395. The van der Waals surface area contributed by atoms with Crippen molar-refractivity contribution in [1.29, 1.82) is 0 Å². The number of ether oxygens (including phenoxy) is 2. The second-order valence-electron chi connectivity index (χ2n) is 7.19. The van der Waals surface area contributed by atoms with Crippen LogP contribution >= 0.6 is 0 Å². The summed E-state index contributed by atoms with van der Waals surface area (Å²) < 4.78 is 11.5. The predicted molar refractivity (Wildman–Crippen MR) is 96.5 cm³/mol. The van der Waals surface area contributed by atoms with E-state index in [1.807, 2.05) is 0 Å². The van der Waals surface area contributed by atoms with E-state index in [-0.39, 0.29) is 0 Å². The summed E-state index contributed by atoms with van der Waals surface area (Å²) in [6.45, 7) is 4.37. The summed E-state index contributed by atoms with van der Waals surface area (Å²) in [6.07, 6.45) is 18.7. The number of unbranched alkanes of at least 4 members (excludes halogenated alkanes) is 8. The van der Waals surface area contributed by atoms with Crippen molar-refractivity contribution in [3.8, 4) is 11.8 Å². The molecule has 0 spiro atoms. The van der Waals surface area contributed by atoms with Crippen LogP contribution in [0.2, 0.25) is 0 Å². The Morgan fingerprint density at radius 1 is 0.652 bits per heavy atom. The van der Waals surface area contributed by atoms with Crippen molar-refractivity contribution in [2.75, 3.05) is 0 Å². The summed E-state index contributed by atoms with van der Waals surface area (Å²) in [6, 6.07) is 0. The Hall–Kier alpha value is -0.520. The fraction of sp³-hybridized carbons (Fsp3) is 0.905. The van der Waals surface area contributed by atoms with Crippen LogP contribution in [-0.4, -0.2) is 24.4 Å². The van der Waals surface area contributed by atoms with E-state index in [1.165, 1.54) is 64.2 Å². The number of hydrogen-bond acceptors (Lipinski definition) is 2. The Balaban J connectivity index is 1.35. The highest BCUT2D eigenvalue weighted by Gasteiger charge is 2.47. The molecule has 0 saturated carbocycles. The van der Waals surface area contributed by atoms with Gasteiger partial charge in [0.15, 0.2) is 0 Å². The third-order valence-corrected chi connectivity index (χ3v) is 5.04. The maximum absolute atomic E-state index is 5.80. The normalized spacial score (nSPS) is 28.3. The molecule has 132 valence electrons. The molecule has 2 heterocycles. The van der Waals surface area contributed by atoms with Gasteiger partial charge in [-0.15, -0.1) is 11.8 Å². The zero-order valence-corrected chi connectivity index (χ0v) is 15.3. The monoisotopic (exact) mass is 320 g/mol. The van der Waals surface area contributed by atoms with Gasteiger partial charge in [0.25, 0.3) is 0 Å². The molecule has 2 aliphatic heterocycles. The van der Waals surface area contributed by atoms with Crippen LogP contribution in [0.3, 0.4) is 0 Å². The summed E-state index contributed by atoms with van der Waals surface area (Å²) in [7, 11) is 0. The van der Waals surface area contributed by atoms with E-state index >= 15 is 0 Å². The van der Waals surface area contributed by atoms with Gasteiger partial charge >= 0.3 is 0 Å². The van der Waals surface area contributed by atoms with Crippen molar-refractivity contribution in [2.45, 2.75) is 122 Å². The zero-order chi connectivity index (χ0) is 16.3. The fourth-order valence-corrected chi connectivity index (χ4v) is 3.39. The van der Waals surface area contributed by atoms with Crippen LogP contribution in [0.4, 0.5) is 0 Å². The van der Waals surface area contributed by atoms with Gasteiger partial charge in [-0.1, -0.05) is 71.6 Å². The Morgan fingerprint density at radius 3 is 1.96 bits per heavy atom. The topological polar surface area (TPSA) is 25.1 Å². The first-order valence-electron chi connectivity index (χ1n) is 10.1. The molecule has 2 aliphatic rings. The van der Waals surface area contributed by atoms with Crippen molar-refractivity contribution in [2.24, 2.45) is 0 Å². The number of epoxide rings is 2. The van der Waals surface area contributed by atoms with Gasteiger partial charge in [0, 0.05) is 19.3 Å². The fourth-order valence-electron chi connectivity index (χ4n) is 3.39. The molecule has 2 heteroatoms. The van der Waals surface area contributed by atoms with Crippen LogP contribution in [0.5, 0.6) is 0 Å². The number of rotatable bonds is 13. The van der Waals surface area contributed by atoms with Gasteiger partial charge in [-0.25, -0.2) is 0 Å². The van der Waals surface area contributed by atoms with Crippen molar-refractivity contribution >= 4 is 0 Å². The average Bonchev–Trinajstić information content (AvgIpc) is 3.46. The highest BCUT2D eigenvalue weighted by Crippen LogP contribution is 2.38. The van der Waals surface area contributed by atoms with Crippen LogP contribution in [0.1, 0.15) is 97.3 Å². The van der Waals surface area contributed by atoms with Crippen molar-refractivity contribution < 1.29 is 9.47 Å². The second-order valence-corrected chi connectivity index (χ2v) is 7.19. The van der Waals surface area contributed by atoms with E-state index in [1.54, 1.807) is 0 Å². The molecule has 2 nitrogen and oxygen atoms in total. The molecule has 0 radical (unpaired) electrons. The Bertz CT molecular complexity index is 368. The Kier molecular flexibility index (Phi) is 9.09. The summed E-state index contributed by atoms with van der Waals surface area (Å²) in [5.41, 5.74) is 0. The lowest BCUT2D eigenvalue weighted by Crippen LogP contribution is -2.01. The smallest absolute Gasteiger partial charge is 0.0951 e. The predicted octanol–water partition coefficient (Wildman–Crippen LogP) is 5.64. The molecule has 2 rings (SSSR count). The lowest BCUT2D eigenvalue weighted by Gasteiger charge is -2.01. The molecular weight excluding hydrogens is 284 g/mol. The van der Waals surface area contributed by atoms with E-state index in [0.29, 0.717) is 24.4 Å². The van der Waals surface area contributed by atoms with Crippen LogP contribution in [0.25, 0.3) is 0 Å². The van der Waals surface area contributed by atoms with Gasteiger partial charge < -0.3 is 9.47 Å². The van der Waals surface area contributed by atoms with E-state index in [4.69, 9.17) is 9.47 Å². The van der Waals surface area contributed by atoms with Gasteiger partial charge in [-0.05, 0) is 6.42 Å². The second kappa shape index (κ2) is 11.1. The standard InChI is InChI=1S/C21H36O2/c1-3-5-7-8-9-10-11-12-14-16-19-21(23-19)17-20-18(22-20)15-13-6-4-2/h18-21H,3-5,7-12,14-17H2,1-2H3/t18-,19+,20+,21-/m1/s1. The molecule has 0 aromatic carbocycles. The van der Waals surface area contributed by atoms with Gasteiger partial charge in [0.1, 0.15) is 0 Å². The number of hydrogen-bond donors (Lipinski definition) is 0. The molecule has 0 unspecified atom stereocenters. The first-order chi connectivity index (χ1) is 11.3. The highest BCUT2D eigenvalue weighted by atomic mass is 16.6. The minimum Gasteiger partial charge on any atom is -0.369 e. The van der Waals surface area contributed by atoms with Crippen LogP contribution < -0.4 is 0 Å². The Morgan fingerprint density at radius 2 is 1.26 bits per heavy atom. The molecule has 0 aliphatic carbocycles. The summed E-state index contributed by atoms with van der Waals surface area (Å²) in [5, 5.41) is 0. The average molecular weight is 321 g/mol. The van der Waals surface area contributed by atoms with Crippen LogP contribution in [-0.2, 0) is 9.47 Å². The largest absolute Gasteiger partial charge is 0.369 e. The molecular formula is C21H36O2. The molecule has 0 N–H and O–H groups in total. The van der Waals surface area contributed by atoms with Gasteiger partial charge in [0.2, 0.25) is 0 Å². The van der Waals surface area contributed by atoms with Gasteiger partial charge in [-0.2, -0.15) is 0 Å². The lowest BCUT2D eigenvalue weighted by molar-refractivity contribution is 0.321. The molecule has 0 aromatic heterocycles. The third-order valence-electron chi connectivity index (χ3n) is 5.04. The molecule has 0 amide bonds. The summed E-state index contributed by atoms with van der Waals surface area (Å²) >= 11 is 0. The first kappa shape index (κ1) is 18.8. The van der Waals surface area contributed by atoms with Crippen LogP contribution in [0.15, 0.2) is 0 Å².